The molecule has 3 N–H and O–H groups in total. The summed E-state index contributed by atoms with van der Waals surface area (Å²) >= 11 is 1.67. The Labute approximate surface area is 151 Å². The summed E-state index contributed by atoms with van der Waals surface area (Å²) in [6.45, 7) is 2.35. The fourth-order valence-electron chi connectivity index (χ4n) is 2.26. The molecule has 0 aliphatic rings. The number of thioether (sulfide) groups is 1. The smallest absolute Gasteiger partial charge is 0.237 e. The molecule has 4 nitrogen and oxygen atoms in total. The van der Waals surface area contributed by atoms with E-state index in [1.54, 1.807) is 23.9 Å². The highest BCUT2D eigenvalue weighted by molar-refractivity contribution is 7.98. The number of aryl methyl sites for hydroxylation is 1. The van der Waals surface area contributed by atoms with Crippen molar-refractivity contribution in [2.24, 2.45) is 5.73 Å². The molecule has 6 heteroatoms. The van der Waals surface area contributed by atoms with Crippen molar-refractivity contribution in [2.75, 3.05) is 12.0 Å². The normalized spacial score (nSPS) is 11.8. The fraction of sp³-hybridized carbons (Fsp3) is 0.316. The van der Waals surface area contributed by atoms with Crippen LogP contribution in [-0.4, -0.2) is 24.0 Å². The van der Waals surface area contributed by atoms with Gasteiger partial charge in [-0.05, 0) is 66.8 Å². The van der Waals surface area contributed by atoms with Gasteiger partial charge in [-0.15, -0.1) is 0 Å². The first-order valence-electron chi connectivity index (χ1n) is 8.05. The number of ether oxygens (including phenoxy) is 1. The molecular formula is C19H23FN2O2S. The van der Waals surface area contributed by atoms with Gasteiger partial charge in [0.15, 0.2) is 0 Å². The van der Waals surface area contributed by atoms with Crippen LogP contribution in [0.5, 0.6) is 11.5 Å². The van der Waals surface area contributed by atoms with Gasteiger partial charge in [-0.1, -0.05) is 12.1 Å². The van der Waals surface area contributed by atoms with Crippen LogP contribution >= 0.6 is 11.8 Å². The third kappa shape index (κ3) is 6.07. The molecule has 134 valence electrons. The highest BCUT2D eigenvalue weighted by Crippen LogP contribution is 2.25. The third-order valence-corrected chi connectivity index (χ3v) is 4.36. The number of carbonyl (C=O) groups excluding carboxylic acids is 1. The van der Waals surface area contributed by atoms with E-state index in [4.69, 9.17) is 10.5 Å². The first kappa shape index (κ1) is 19.3. The van der Waals surface area contributed by atoms with Crippen LogP contribution in [0.25, 0.3) is 0 Å². The van der Waals surface area contributed by atoms with Gasteiger partial charge in [-0.25, -0.2) is 4.39 Å². The van der Waals surface area contributed by atoms with E-state index in [-0.39, 0.29) is 11.7 Å². The largest absolute Gasteiger partial charge is 0.457 e. The second kappa shape index (κ2) is 9.44. The number of hydrogen-bond acceptors (Lipinski definition) is 4. The minimum Gasteiger partial charge on any atom is -0.457 e. The lowest BCUT2D eigenvalue weighted by Crippen LogP contribution is -2.40. The Bertz CT molecular complexity index is 707. The van der Waals surface area contributed by atoms with Crippen LogP contribution < -0.4 is 15.8 Å². The summed E-state index contributed by atoms with van der Waals surface area (Å²) in [7, 11) is 0. The Morgan fingerprint density at radius 2 is 2.00 bits per heavy atom. The Morgan fingerprint density at radius 1 is 1.28 bits per heavy atom. The van der Waals surface area contributed by atoms with Gasteiger partial charge in [-0.2, -0.15) is 11.8 Å². The van der Waals surface area contributed by atoms with Crippen LogP contribution in [0.2, 0.25) is 0 Å². The Hall–Kier alpha value is -2.05. The average Bonchev–Trinajstić information content (AvgIpc) is 2.61. The summed E-state index contributed by atoms with van der Waals surface area (Å²) in [4.78, 5) is 11.9. The van der Waals surface area contributed by atoms with Gasteiger partial charge in [-0.3, -0.25) is 4.79 Å². The standard InChI is InChI=1S/C19H23FN2O2S/c1-13-11-14(12-22-19(23)17(21)9-10-25-2)3-8-18(13)24-16-6-4-15(20)5-7-16/h3-8,11,17H,9-10,12,21H2,1-2H3,(H,22,23)/t17-/m0/s1. The first-order chi connectivity index (χ1) is 12.0. The molecule has 0 fully saturated rings. The highest BCUT2D eigenvalue weighted by Gasteiger charge is 2.12. The predicted octanol–water partition coefficient (Wildman–Crippen LogP) is 3.62. The highest BCUT2D eigenvalue weighted by atomic mass is 32.2. The van der Waals surface area contributed by atoms with Crippen molar-refractivity contribution in [3.05, 3.63) is 59.4 Å². The van der Waals surface area contributed by atoms with Gasteiger partial charge in [0.05, 0.1) is 6.04 Å². The molecule has 0 aliphatic carbocycles. The zero-order chi connectivity index (χ0) is 18.2. The minimum atomic E-state index is -0.477. The molecule has 2 aromatic rings. The summed E-state index contributed by atoms with van der Waals surface area (Å²) in [5.74, 6) is 1.69. The maximum atomic E-state index is 12.9. The lowest BCUT2D eigenvalue weighted by molar-refractivity contribution is -0.122. The van der Waals surface area contributed by atoms with Crippen molar-refractivity contribution in [3.63, 3.8) is 0 Å². The molecule has 1 amide bonds. The summed E-state index contributed by atoms with van der Waals surface area (Å²) in [5, 5.41) is 2.85. The number of rotatable bonds is 8. The van der Waals surface area contributed by atoms with Crippen LogP contribution in [0.15, 0.2) is 42.5 Å². The van der Waals surface area contributed by atoms with Gasteiger partial charge in [0.1, 0.15) is 17.3 Å². The topological polar surface area (TPSA) is 64.4 Å². The second-order valence-electron chi connectivity index (χ2n) is 5.76. The monoisotopic (exact) mass is 362 g/mol. The van der Waals surface area contributed by atoms with Crippen LogP contribution in [0.1, 0.15) is 17.5 Å². The number of carbonyl (C=O) groups is 1. The van der Waals surface area contributed by atoms with Crippen LogP contribution in [0, 0.1) is 12.7 Å². The average molecular weight is 362 g/mol. The summed E-state index contributed by atoms with van der Waals surface area (Å²) in [5.41, 5.74) is 7.75. The zero-order valence-electron chi connectivity index (χ0n) is 14.4. The molecule has 2 rings (SSSR count). The van der Waals surface area contributed by atoms with Crippen LogP contribution in [-0.2, 0) is 11.3 Å². The number of nitrogens with two attached hydrogens (primary N) is 1. The van der Waals surface area contributed by atoms with Crippen molar-refractivity contribution in [1.82, 2.24) is 5.32 Å². The van der Waals surface area contributed by atoms with Crippen LogP contribution in [0.4, 0.5) is 4.39 Å². The third-order valence-electron chi connectivity index (χ3n) is 3.72. The van der Waals surface area contributed by atoms with Crippen molar-refractivity contribution < 1.29 is 13.9 Å². The molecule has 2 aromatic carbocycles. The van der Waals surface area contributed by atoms with E-state index in [1.807, 2.05) is 31.4 Å². The zero-order valence-corrected chi connectivity index (χ0v) is 15.2. The summed E-state index contributed by atoms with van der Waals surface area (Å²) in [6.07, 6.45) is 2.65. The van der Waals surface area contributed by atoms with Gasteiger partial charge in [0, 0.05) is 6.54 Å². The van der Waals surface area contributed by atoms with Gasteiger partial charge in [0.25, 0.3) is 0 Å². The number of benzene rings is 2. The van der Waals surface area contributed by atoms with E-state index < -0.39 is 6.04 Å². The molecule has 1 atom stereocenters. The second-order valence-corrected chi connectivity index (χ2v) is 6.75. The number of amides is 1. The quantitative estimate of drug-likeness (QED) is 0.753. The van der Waals surface area contributed by atoms with E-state index in [2.05, 4.69) is 5.32 Å². The van der Waals surface area contributed by atoms with E-state index in [0.29, 0.717) is 24.5 Å². The van der Waals surface area contributed by atoms with Crippen molar-refractivity contribution >= 4 is 17.7 Å². The molecule has 0 aromatic heterocycles. The first-order valence-corrected chi connectivity index (χ1v) is 9.44. The Balaban J connectivity index is 1.92. The predicted molar refractivity (Wildman–Crippen MR) is 100 cm³/mol. The van der Waals surface area contributed by atoms with E-state index in [0.717, 1.165) is 16.9 Å². The molecular weight excluding hydrogens is 339 g/mol. The summed E-state index contributed by atoms with van der Waals surface area (Å²) < 4.78 is 18.7. The molecule has 25 heavy (non-hydrogen) atoms. The molecule has 0 unspecified atom stereocenters. The number of hydrogen-bond donors (Lipinski definition) is 2. The molecule has 0 radical (unpaired) electrons. The maximum Gasteiger partial charge on any atom is 0.237 e. The SMILES string of the molecule is CSCC[C@H](N)C(=O)NCc1ccc(Oc2ccc(F)cc2)c(C)c1. The minimum absolute atomic E-state index is 0.140. The lowest BCUT2D eigenvalue weighted by atomic mass is 10.1. The van der Waals surface area contributed by atoms with Gasteiger partial charge in [0.2, 0.25) is 5.91 Å². The van der Waals surface area contributed by atoms with Crippen molar-refractivity contribution in [1.29, 1.82) is 0 Å². The molecule has 0 spiro atoms. The Kier molecular flexibility index (Phi) is 7.28. The molecule has 0 aliphatic heterocycles. The van der Waals surface area contributed by atoms with Gasteiger partial charge < -0.3 is 15.8 Å². The number of halogens is 1. The van der Waals surface area contributed by atoms with Gasteiger partial charge >= 0.3 is 0 Å². The molecule has 0 saturated carbocycles. The molecule has 0 bridgehead atoms. The van der Waals surface area contributed by atoms with Crippen molar-refractivity contribution in [2.45, 2.75) is 25.9 Å². The molecule has 0 saturated heterocycles. The van der Waals surface area contributed by atoms with Crippen molar-refractivity contribution in [3.8, 4) is 11.5 Å². The van der Waals surface area contributed by atoms with E-state index >= 15 is 0 Å². The number of nitrogens with one attached hydrogen (secondary N) is 1. The van der Waals surface area contributed by atoms with E-state index in [9.17, 15) is 9.18 Å². The summed E-state index contributed by atoms with van der Waals surface area (Å²) in [6, 6.07) is 11.1. The lowest BCUT2D eigenvalue weighted by Gasteiger charge is -2.13. The fourth-order valence-corrected chi connectivity index (χ4v) is 2.75. The maximum absolute atomic E-state index is 12.9. The molecule has 0 heterocycles. The van der Waals surface area contributed by atoms with Crippen LogP contribution in [0.3, 0.4) is 0 Å². The van der Waals surface area contributed by atoms with E-state index in [1.165, 1.54) is 12.1 Å². The Morgan fingerprint density at radius 3 is 2.64 bits per heavy atom.